The molecule has 5 nitrogen and oxygen atoms in total. The van der Waals surface area contributed by atoms with E-state index in [9.17, 15) is 0 Å². The van der Waals surface area contributed by atoms with E-state index in [1.165, 1.54) is 274 Å². The molecule has 1 aliphatic carbocycles. The van der Waals surface area contributed by atoms with Gasteiger partial charge in [0, 0.05) is 104 Å². The van der Waals surface area contributed by atoms with Crippen molar-refractivity contribution in [3.63, 3.8) is 0 Å². The van der Waals surface area contributed by atoms with Gasteiger partial charge < -0.3 is 22.7 Å². The number of fused-ring (bicyclic) bond motifs is 26. The van der Waals surface area contributed by atoms with Gasteiger partial charge >= 0.3 is 0 Å². The van der Waals surface area contributed by atoms with Crippen LogP contribution in [0.1, 0.15) is 0 Å². The van der Waals surface area contributed by atoms with Crippen molar-refractivity contribution in [3.05, 3.63) is 528 Å². The van der Waals surface area contributed by atoms with E-state index >= 15 is 0 Å². The third-order valence-corrected chi connectivity index (χ3v) is 31.1. The Morgan fingerprint density at radius 2 is 0.407 bits per heavy atom. The van der Waals surface area contributed by atoms with Crippen LogP contribution in [0.25, 0.3) is 291 Å². The van der Waals surface area contributed by atoms with Gasteiger partial charge in [-0.3, -0.25) is 0 Å². The summed E-state index contributed by atoms with van der Waals surface area (Å²) in [5.74, 6) is 0. The van der Waals surface area contributed by atoms with Crippen LogP contribution in [0.3, 0.4) is 0 Å². The van der Waals surface area contributed by atoms with E-state index in [0.717, 1.165) is 17.1 Å². The molecule has 31 aromatic rings. The lowest BCUT2D eigenvalue weighted by atomic mass is 9.91. The first-order valence-electron chi connectivity index (χ1n) is 50.2. The molecule has 32 rings (SSSR count). The van der Waals surface area contributed by atoms with Gasteiger partial charge in [-0.1, -0.05) is 443 Å². The van der Waals surface area contributed by atoms with Crippen molar-refractivity contribution in [2.45, 2.75) is 0 Å². The first-order valence-corrected chi connectivity index (χ1v) is 50.2. The monoisotopic (exact) mass is 1840 g/mol. The maximum absolute atomic E-state index is 2.55. The maximum Gasteiger partial charge on any atom is 0.0648 e. The number of benzene rings is 25. The minimum atomic E-state index is 1.14. The Bertz CT molecular complexity index is 10700. The second-order valence-corrected chi connectivity index (χ2v) is 38.6. The molecule has 0 saturated heterocycles. The summed E-state index contributed by atoms with van der Waals surface area (Å²) in [6.45, 7) is 0. The highest BCUT2D eigenvalue weighted by Gasteiger charge is 2.31. The first-order chi connectivity index (χ1) is 72.1. The van der Waals surface area contributed by atoms with Gasteiger partial charge in [0.05, 0.1) is 60.7 Å². The van der Waals surface area contributed by atoms with Gasteiger partial charge in [-0.2, -0.15) is 0 Å². The molecule has 1 aliphatic rings. The predicted octanol–water partition coefficient (Wildman–Crippen LogP) is 38.0. The average molecular weight is 1840 g/mol. The zero-order chi connectivity index (χ0) is 95.0. The standard InChI is InChI=1S/C50H32N2.C46H28N2.C44H27N/c1-3-15-33(16-4-1)38-20-9-10-21-39(38)35-27-30-37(31-28-35)52-45-32-29-34-17-7-8-22-40(34)46(45)47-41-23-11-12-24-42(41)49-48(50(47)52)43-25-13-14-26-44(43)51(49)36-18-5-2-6-19-36;1-2-11-29(12-3-1)33-14-6-7-15-34(33)31-21-24-32(25-22-31)47-41-20-10-18-37-36-17-8-9-19-40(36)48-45-35-16-5-4-13-30(35)23-26-38(45)39-27-28-42(47)44(43(37)41)46(39)48;1-2-12-28(13-3-1)31-14-4-5-15-32(31)29-24-26-30(27-25-29)45-40-23-11-22-38-34-17-7-6-16-33(34)36-20-10-21-37-35-18-8-9-19-39(35)44(45)43(41(36)37)42(38)40/h1-32H;1-28H;1-27H. The van der Waals surface area contributed by atoms with Crippen LogP contribution in [0.15, 0.2) is 528 Å². The summed E-state index contributed by atoms with van der Waals surface area (Å²) in [6.07, 6.45) is 0. The smallest absolute Gasteiger partial charge is 0.0648 e. The van der Waals surface area contributed by atoms with Crippen LogP contribution >= 0.6 is 0 Å². The van der Waals surface area contributed by atoms with Gasteiger partial charge in [-0.15, -0.1) is 0 Å². The molecule has 0 radical (unpaired) electrons. The summed E-state index contributed by atoms with van der Waals surface area (Å²) < 4.78 is 12.5. The van der Waals surface area contributed by atoms with Gasteiger partial charge in [0.1, 0.15) is 0 Å². The molecule has 0 fully saturated rings. The summed E-state index contributed by atoms with van der Waals surface area (Å²) in [5, 5.41) is 28.4. The highest BCUT2D eigenvalue weighted by Crippen LogP contribution is 2.56. The largest absolute Gasteiger partial charge is 0.309 e. The molecule has 0 bridgehead atoms. The van der Waals surface area contributed by atoms with Crippen molar-refractivity contribution in [1.29, 1.82) is 0 Å². The van der Waals surface area contributed by atoms with E-state index in [0.29, 0.717) is 0 Å². The average Bonchev–Trinajstić information content (AvgIpc) is 1.53. The van der Waals surface area contributed by atoms with Crippen LogP contribution in [0.2, 0.25) is 0 Å². The number of rotatable bonds is 10. The minimum absolute atomic E-state index is 1.14. The molecular weight excluding hydrogens is 1750 g/mol. The van der Waals surface area contributed by atoms with Crippen LogP contribution in [-0.4, -0.2) is 22.7 Å². The summed E-state index contributed by atoms with van der Waals surface area (Å²) >= 11 is 0. The molecule has 0 amide bonds. The van der Waals surface area contributed by atoms with E-state index in [4.69, 9.17) is 0 Å². The number of aromatic nitrogens is 5. The van der Waals surface area contributed by atoms with E-state index in [1.54, 1.807) is 0 Å². The van der Waals surface area contributed by atoms with Crippen molar-refractivity contribution < 1.29 is 0 Å². The fraction of sp³-hybridized carbons (Fsp3) is 0. The lowest BCUT2D eigenvalue weighted by molar-refractivity contribution is 1.18. The molecule has 5 heteroatoms. The third kappa shape index (κ3) is 12.4. The SMILES string of the molecule is c1ccc(-c2ccccc2-c2ccc(-n3c4ccc5ccccc5c4c4c5ccccc5c5c(c6ccccc6n5-c5ccccc5)c43)cc2)cc1.c1ccc(-c2ccccc2-c2ccc(-n3c4cccc5c4c4c6c(cccc6c6ccccc6c43)-c3ccccc3-5)cc2)cc1.c1ccc(-c2ccccc2-c2ccc(-n3c4cccc5c6ccccc6n6c7c8ccccc8ccc7c7ccc3c(c54)c76)cc2)cc1. The molecule has 672 valence electrons. The molecule has 0 spiro atoms. The highest BCUT2D eigenvalue weighted by molar-refractivity contribution is 6.41. The lowest BCUT2D eigenvalue weighted by Crippen LogP contribution is -1.96. The van der Waals surface area contributed by atoms with Crippen LogP contribution in [0.5, 0.6) is 0 Å². The molecule has 6 heterocycles. The quantitative estimate of drug-likeness (QED) is 0.122. The summed E-state index contributed by atoms with van der Waals surface area (Å²) in [7, 11) is 0. The lowest BCUT2D eigenvalue weighted by Gasteiger charge is -2.16. The Morgan fingerprint density at radius 1 is 0.103 bits per heavy atom. The number of hydrogen-bond acceptors (Lipinski definition) is 0. The number of para-hydroxylation sites is 3. The summed E-state index contributed by atoms with van der Waals surface area (Å²) in [5.41, 5.74) is 38.2. The van der Waals surface area contributed by atoms with E-state index in [1.807, 2.05) is 0 Å². The van der Waals surface area contributed by atoms with Gasteiger partial charge in [-0.05, 0) is 212 Å². The van der Waals surface area contributed by atoms with Crippen molar-refractivity contribution in [1.82, 2.24) is 22.7 Å². The van der Waals surface area contributed by atoms with Gasteiger partial charge in [0.25, 0.3) is 0 Å². The van der Waals surface area contributed by atoms with Gasteiger partial charge in [0.15, 0.2) is 0 Å². The third-order valence-electron chi connectivity index (χ3n) is 31.1. The molecule has 6 aromatic heterocycles. The van der Waals surface area contributed by atoms with Crippen molar-refractivity contribution in [2.75, 3.05) is 0 Å². The number of hydrogen-bond donors (Lipinski definition) is 0. The maximum atomic E-state index is 2.55. The van der Waals surface area contributed by atoms with Crippen molar-refractivity contribution in [3.8, 4) is 112 Å². The van der Waals surface area contributed by atoms with Crippen LogP contribution in [0, 0.1) is 0 Å². The summed E-state index contributed by atoms with van der Waals surface area (Å²) in [6, 6.07) is 193. The molecular formula is C140H87N5. The van der Waals surface area contributed by atoms with Crippen molar-refractivity contribution >= 4 is 179 Å². The predicted molar refractivity (Wildman–Crippen MR) is 616 cm³/mol. The molecule has 0 unspecified atom stereocenters. The molecule has 0 saturated carbocycles. The van der Waals surface area contributed by atoms with Gasteiger partial charge in [0.2, 0.25) is 0 Å². The normalized spacial score (nSPS) is 12.0. The second kappa shape index (κ2) is 32.7. The zero-order valence-corrected chi connectivity index (χ0v) is 79.0. The minimum Gasteiger partial charge on any atom is -0.309 e. The van der Waals surface area contributed by atoms with Crippen LogP contribution < -0.4 is 0 Å². The Balaban J connectivity index is 0.000000101. The highest BCUT2D eigenvalue weighted by atomic mass is 15.0. The molecule has 0 N–H and O–H groups in total. The topological polar surface area (TPSA) is 24.1 Å². The Labute approximate surface area is 835 Å². The Hall–Kier alpha value is -19.2. The van der Waals surface area contributed by atoms with E-state index in [2.05, 4.69) is 550 Å². The molecule has 0 aliphatic heterocycles. The van der Waals surface area contributed by atoms with Crippen molar-refractivity contribution in [2.24, 2.45) is 0 Å². The Kier molecular flexibility index (Phi) is 18.4. The molecule has 25 aromatic carbocycles. The van der Waals surface area contributed by atoms with Gasteiger partial charge in [-0.25, -0.2) is 0 Å². The van der Waals surface area contributed by atoms with E-state index in [-0.39, 0.29) is 0 Å². The van der Waals surface area contributed by atoms with Crippen LogP contribution in [0.4, 0.5) is 0 Å². The molecule has 0 atom stereocenters. The fourth-order valence-corrected chi connectivity index (χ4v) is 25.0. The number of nitrogens with zero attached hydrogens (tertiary/aromatic N) is 5. The molecule has 145 heavy (non-hydrogen) atoms. The fourth-order valence-electron chi connectivity index (χ4n) is 25.0. The second-order valence-electron chi connectivity index (χ2n) is 38.6. The van der Waals surface area contributed by atoms with Crippen LogP contribution in [-0.2, 0) is 0 Å². The zero-order valence-electron chi connectivity index (χ0n) is 79.0. The van der Waals surface area contributed by atoms with E-state index < -0.39 is 0 Å². The summed E-state index contributed by atoms with van der Waals surface area (Å²) in [4.78, 5) is 0. The Morgan fingerprint density at radius 3 is 0.972 bits per heavy atom. The first kappa shape index (κ1) is 81.8.